The number of rotatable bonds is 1. The number of hydrogen-bond donors (Lipinski definition) is 1. The van der Waals surface area contributed by atoms with E-state index in [-0.39, 0.29) is 0 Å². The summed E-state index contributed by atoms with van der Waals surface area (Å²) in [6, 6.07) is 20.6. The summed E-state index contributed by atoms with van der Waals surface area (Å²) in [4.78, 5) is 0. The van der Waals surface area contributed by atoms with E-state index in [1.807, 2.05) is 18.2 Å². The van der Waals surface area contributed by atoms with Gasteiger partial charge >= 0.3 is 0 Å². The maximum atomic E-state index is 10.1. The van der Waals surface area contributed by atoms with E-state index in [1.54, 1.807) is 6.07 Å². The molecule has 0 saturated carbocycles. The number of phenolic OH excluding ortho intramolecular Hbond substituents is 1. The lowest BCUT2D eigenvalue weighted by Crippen LogP contribution is -1.88. The summed E-state index contributed by atoms with van der Waals surface area (Å²) in [5.41, 5.74) is 8.63. The van der Waals surface area contributed by atoms with Gasteiger partial charge in [0.2, 0.25) is 0 Å². The van der Waals surface area contributed by atoms with E-state index in [9.17, 15) is 5.11 Å². The summed E-state index contributed by atoms with van der Waals surface area (Å²) in [5, 5.41) is 10.1. The van der Waals surface area contributed by atoms with Crippen LogP contribution in [0.1, 0.15) is 16.7 Å². The Kier molecular flexibility index (Phi) is 2.61. The van der Waals surface area contributed by atoms with E-state index in [0.29, 0.717) is 5.75 Å². The Labute approximate surface area is 124 Å². The van der Waals surface area contributed by atoms with Crippen molar-refractivity contribution in [3.8, 4) is 28.0 Å². The van der Waals surface area contributed by atoms with Crippen molar-refractivity contribution in [1.29, 1.82) is 0 Å². The summed E-state index contributed by atoms with van der Waals surface area (Å²) < 4.78 is 0. The predicted molar refractivity (Wildman–Crippen MR) is 86.5 cm³/mol. The van der Waals surface area contributed by atoms with Gasteiger partial charge in [0.15, 0.2) is 0 Å². The third-order valence-electron chi connectivity index (χ3n) is 4.33. The summed E-state index contributed by atoms with van der Waals surface area (Å²) >= 11 is 0. The van der Waals surface area contributed by atoms with Crippen LogP contribution in [0.15, 0.2) is 60.7 Å². The minimum absolute atomic E-state index is 0.340. The first-order valence-corrected chi connectivity index (χ1v) is 7.24. The monoisotopic (exact) mass is 272 g/mol. The third kappa shape index (κ3) is 1.85. The third-order valence-corrected chi connectivity index (χ3v) is 4.33. The fourth-order valence-corrected chi connectivity index (χ4v) is 3.30. The molecule has 1 heteroatoms. The predicted octanol–water partition coefficient (Wildman–Crippen LogP) is 4.94. The molecule has 0 aromatic heterocycles. The molecule has 3 aromatic carbocycles. The van der Waals surface area contributed by atoms with E-state index < -0.39 is 0 Å². The molecule has 1 aliphatic rings. The molecule has 102 valence electrons. The van der Waals surface area contributed by atoms with Crippen LogP contribution in [0.5, 0.6) is 5.75 Å². The number of benzene rings is 3. The van der Waals surface area contributed by atoms with Crippen molar-refractivity contribution < 1.29 is 5.11 Å². The second-order valence-electron chi connectivity index (χ2n) is 5.68. The molecule has 0 aliphatic heterocycles. The highest BCUT2D eigenvalue weighted by Gasteiger charge is 2.20. The Bertz CT molecular complexity index is 846. The number of fused-ring (bicyclic) bond motifs is 3. The van der Waals surface area contributed by atoms with Gasteiger partial charge in [-0.25, -0.2) is 0 Å². The zero-order valence-electron chi connectivity index (χ0n) is 11.9. The zero-order valence-corrected chi connectivity index (χ0v) is 11.9. The molecule has 0 amide bonds. The van der Waals surface area contributed by atoms with Gasteiger partial charge in [-0.15, -0.1) is 0 Å². The van der Waals surface area contributed by atoms with E-state index in [2.05, 4.69) is 43.3 Å². The molecule has 1 aliphatic carbocycles. The van der Waals surface area contributed by atoms with Gasteiger partial charge in [-0.3, -0.25) is 0 Å². The Morgan fingerprint density at radius 2 is 1.43 bits per heavy atom. The van der Waals surface area contributed by atoms with Crippen molar-refractivity contribution >= 4 is 0 Å². The number of aryl methyl sites for hydroxylation is 1. The SMILES string of the molecule is Cc1cc2c(cc1-c1ccccc1O)-c1ccccc1C2. The number of para-hydroxylation sites is 1. The molecule has 0 heterocycles. The van der Waals surface area contributed by atoms with Crippen LogP contribution in [0, 0.1) is 6.92 Å². The fourth-order valence-electron chi connectivity index (χ4n) is 3.30. The van der Waals surface area contributed by atoms with Crippen LogP contribution < -0.4 is 0 Å². The molecular formula is C20H16O. The Hall–Kier alpha value is -2.54. The maximum Gasteiger partial charge on any atom is 0.123 e. The van der Waals surface area contributed by atoms with Crippen LogP contribution in [0.2, 0.25) is 0 Å². The topological polar surface area (TPSA) is 20.2 Å². The fraction of sp³-hybridized carbons (Fsp3) is 0.100. The highest BCUT2D eigenvalue weighted by atomic mass is 16.3. The van der Waals surface area contributed by atoms with Crippen LogP contribution in [-0.2, 0) is 6.42 Å². The average Bonchev–Trinajstić information content (AvgIpc) is 2.84. The van der Waals surface area contributed by atoms with Crippen molar-refractivity contribution in [2.45, 2.75) is 13.3 Å². The summed E-state index contributed by atoms with van der Waals surface area (Å²) in [6.45, 7) is 2.12. The van der Waals surface area contributed by atoms with E-state index in [1.165, 1.54) is 27.8 Å². The molecule has 4 rings (SSSR count). The highest BCUT2D eigenvalue weighted by molar-refractivity contribution is 5.84. The molecule has 0 fully saturated rings. The maximum absolute atomic E-state index is 10.1. The standard InChI is InChI=1S/C20H16O/c1-13-10-15-11-14-6-2-3-7-16(14)19(15)12-18(13)17-8-4-5-9-20(17)21/h2-10,12,21H,11H2,1H3. The van der Waals surface area contributed by atoms with Crippen LogP contribution in [0.4, 0.5) is 0 Å². The van der Waals surface area contributed by atoms with Gasteiger partial charge in [0.1, 0.15) is 5.75 Å². The van der Waals surface area contributed by atoms with Gasteiger partial charge in [-0.05, 0) is 58.9 Å². The number of phenols is 1. The lowest BCUT2D eigenvalue weighted by molar-refractivity contribution is 0.477. The van der Waals surface area contributed by atoms with Gasteiger partial charge in [-0.1, -0.05) is 48.5 Å². The first-order valence-electron chi connectivity index (χ1n) is 7.24. The van der Waals surface area contributed by atoms with Crippen molar-refractivity contribution in [2.75, 3.05) is 0 Å². The Morgan fingerprint density at radius 3 is 2.24 bits per heavy atom. The van der Waals surface area contributed by atoms with E-state index in [4.69, 9.17) is 0 Å². The van der Waals surface area contributed by atoms with Crippen molar-refractivity contribution in [3.05, 3.63) is 77.4 Å². The Balaban J connectivity index is 1.96. The molecule has 1 N–H and O–H groups in total. The second kappa shape index (κ2) is 4.49. The molecule has 0 atom stereocenters. The first-order chi connectivity index (χ1) is 10.2. The minimum atomic E-state index is 0.340. The zero-order chi connectivity index (χ0) is 14.4. The molecule has 3 aromatic rings. The van der Waals surface area contributed by atoms with Gasteiger partial charge in [0, 0.05) is 5.56 Å². The van der Waals surface area contributed by atoms with Gasteiger partial charge in [-0.2, -0.15) is 0 Å². The van der Waals surface area contributed by atoms with Crippen LogP contribution in [0.3, 0.4) is 0 Å². The quantitative estimate of drug-likeness (QED) is 0.520. The molecule has 0 unspecified atom stereocenters. The van der Waals surface area contributed by atoms with Crippen molar-refractivity contribution in [1.82, 2.24) is 0 Å². The molecule has 0 radical (unpaired) electrons. The van der Waals surface area contributed by atoms with Gasteiger partial charge in [0.05, 0.1) is 0 Å². The summed E-state index contributed by atoms with van der Waals surface area (Å²) in [6.07, 6.45) is 1.01. The molecule has 0 saturated heterocycles. The molecule has 0 spiro atoms. The number of aromatic hydroxyl groups is 1. The number of hydrogen-bond acceptors (Lipinski definition) is 1. The van der Waals surface area contributed by atoms with Gasteiger partial charge in [0.25, 0.3) is 0 Å². The Morgan fingerprint density at radius 1 is 0.714 bits per heavy atom. The lowest BCUT2D eigenvalue weighted by atomic mass is 9.94. The van der Waals surface area contributed by atoms with Gasteiger partial charge < -0.3 is 5.11 Å². The van der Waals surface area contributed by atoms with Crippen molar-refractivity contribution in [2.24, 2.45) is 0 Å². The molecule has 21 heavy (non-hydrogen) atoms. The van der Waals surface area contributed by atoms with Crippen LogP contribution in [-0.4, -0.2) is 5.11 Å². The normalized spacial score (nSPS) is 12.0. The highest BCUT2D eigenvalue weighted by Crippen LogP contribution is 2.41. The summed E-state index contributed by atoms with van der Waals surface area (Å²) in [7, 11) is 0. The smallest absolute Gasteiger partial charge is 0.123 e. The minimum Gasteiger partial charge on any atom is -0.507 e. The largest absolute Gasteiger partial charge is 0.507 e. The average molecular weight is 272 g/mol. The first kappa shape index (κ1) is 12.2. The molecule has 1 nitrogen and oxygen atoms in total. The lowest BCUT2D eigenvalue weighted by Gasteiger charge is -2.11. The van der Waals surface area contributed by atoms with Crippen molar-refractivity contribution in [3.63, 3.8) is 0 Å². The second-order valence-corrected chi connectivity index (χ2v) is 5.68. The van der Waals surface area contributed by atoms with E-state index in [0.717, 1.165) is 17.5 Å². The van der Waals surface area contributed by atoms with Crippen LogP contribution >= 0.6 is 0 Å². The van der Waals surface area contributed by atoms with E-state index >= 15 is 0 Å². The van der Waals surface area contributed by atoms with Crippen LogP contribution in [0.25, 0.3) is 22.3 Å². The molecule has 0 bridgehead atoms. The molecular weight excluding hydrogens is 256 g/mol. The summed E-state index contributed by atoms with van der Waals surface area (Å²) in [5.74, 6) is 0.340.